The Bertz CT molecular complexity index is 917. The molecule has 1 aliphatic carbocycles. The van der Waals surface area contributed by atoms with Crippen LogP contribution in [-0.2, 0) is 0 Å². The molecule has 3 rings (SSSR count). The van der Waals surface area contributed by atoms with Gasteiger partial charge in [-0.15, -0.1) is 6.42 Å². The summed E-state index contributed by atoms with van der Waals surface area (Å²) >= 11 is 0. The molecule has 28 heavy (non-hydrogen) atoms. The van der Waals surface area contributed by atoms with Gasteiger partial charge in [-0.25, -0.2) is 13.8 Å². The Morgan fingerprint density at radius 3 is 2.61 bits per heavy atom. The van der Waals surface area contributed by atoms with Crippen LogP contribution in [0.15, 0.2) is 30.3 Å². The summed E-state index contributed by atoms with van der Waals surface area (Å²) in [7, 11) is 0. The van der Waals surface area contributed by atoms with E-state index in [0.717, 1.165) is 31.0 Å². The minimum atomic E-state index is -0.721. The lowest BCUT2D eigenvalue weighted by Crippen LogP contribution is -2.52. The van der Waals surface area contributed by atoms with Gasteiger partial charge in [0.05, 0.1) is 0 Å². The van der Waals surface area contributed by atoms with Crippen LogP contribution >= 0.6 is 0 Å². The Hall–Kier alpha value is -3.14. The Morgan fingerprint density at radius 1 is 1.32 bits per heavy atom. The van der Waals surface area contributed by atoms with Crippen LogP contribution in [0.25, 0.3) is 0 Å². The highest BCUT2D eigenvalue weighted by Gasteiger charge is 2.39. The summed E-state index contributed by atoms with van der Waals surface area (Å²) in [5, 5.41) is 5.76. The predicted octanol–water partition coefficient (Wildman–Crippen LogP) is 4.03. The van der Waals surface area contributed by atoms with E-state index in [9.17, 15) is 13.6 Å². The zero-order chi connectivity index (χ0) is 20.3. The zero-order valence-electron chi connectivity index (χ0n) is 15.7. The van der Waals surface area contributed by atoms with E-state index in [0.29, 0.717) is 0 Å². The molecule has 2 aromatic rings. The molecule has 1 heterocycles. The second-order valence-corrected chi connectivity index (χ2v) is 7.37. The van der Waals surface area contributed by atoms with Crippen LogP contribution in [0.4, 0.5) is 20.3 Å². The van der Waals surface area contributed by atoms with Gasteiger partial charge < -0.3 is 15.4 Å². The van der Waals surface area contributed by atoms with Crippen LogP contribution < -0.4 is 15.4 Å². The number of amides is 1. The Balaban J connectivity index is 1.86. The molecule has 1 aromatic heterocycles. The molecule has 1 aliphatic rings. The van der Waals surface area contributed by atoms with Crippen molar-refractivity contribution in [2.75, 3.05) is 11.9 Å². The van der Waals surface area contributed by atoms with Crippen molar-refractivity contribution < 1.29 is 18.3 Å². The molecule has 1 aromatic carbocycles. The minimum absolute atomic E-state index is 0.0151. The van der Waals surface area contributed by atoms with Crippen LogP contribution in [0.5, 0.6) is 5.75 Å². The molecule has 1 unspecified atom stereocenters. The standard InChI is InChI=1S/C21H21F2N3O2/c1-4-9-28-16-5-6-18(24-15-11-13(22)10-14(23)12-15)26-19(16)20(27)25-17-7-8-21(17,2)3/h1,5-6,10-12,17H,7-9H2,2-3H3,(H,24,26)(H,25,27). The number of nitrogens with one attached hydrogen (secondary N) is 2. The van der Waals surface area contributed by atoms with E-state index in [-0.39, 0.29) is 46.9 Å². The maximum Gasteiger partial charge on any atom is 0.274 e. The van der Waals surface area contributed by atoms with Crippen LogP contribution in [0, 0.1) is 29.4 Å². The Labute approximate surface area is 162 Å². The second kappa shape index (κ2) is 7.85. The van der Waals surface area contributed by atoms with Crippen molar-refractivity contribution in [1.82, 2.24) is 10.3 Å². The van der Waals surface area contributed by atoms with Gasteiger partial charge in [0, 0.05) is 17.8 Å². The summed E-state index contributed by atoms with van der Waals surface area (Å²) in [5.74, 6) is 0.999. The van der Waals surface area contributed by atoms with Gasteiger partial charge in [0.2, 0.25) is 0 Å². The highest BCUT2D eigenvalue weighted by Crippen LogP contribution is 2.40. The summed E-state index contributed by atoms with van der Waals surface area (Å²) < 4.78 is 32.2. The number of aromatic nitrogens is 1. The molecule has 1 amide bonds. The van der Waals surface area contributed by atoms with Crippen LogP contribution in [0.2, 0.25) is 0 Å². The molecule has 0 aliphatic heterocycles. The SMILES string of the molecule is C#CCOc1ccc(Nc2cc(F)cc(F)c2)nc1C(=O)NC1CCC1(C)C. The van der Waals surface area contributed by atoms with Crippen molar-refractivity contribution in [3.63, 3.8) is 0 Å². The van der Waals surface area contributed by atoms with Crippen molar-refractivity contribution in [2.45, 2.75) is 32.7 Å². The van der Waals surface area contributed by atoms with E-state index >= 15 is 0 Å². The molecule has 1 fully saturated rings. The van der Waals surface area contributed by atoms with Crippen LogP contribution in [0.1, 0.15) is 37.2 Å². The normalized spacial score (nSPS) is 17.2. The molecular weight excluding hydrogens is 364 g/mol. The summed E-state index contributed by atoms with van der Waals surface area (Å²) in [5.41, 5.74) is 0.248. The lowest BCUT2D eigenvalue weighted by molar-refractivity contribution is 0.0724. The minimum Gasteiger partial charge on any atom is -0.478 e. The largest absolute Gasteiger partial charge is 0.478 e. The van der Waals surface area contributed by atoms with Crippen molar-refractivity contribution in [3.05, 3.63) is 47.7 Å². The van der Waals surface area contributed by atoms with Gasteiger partial charge in [-0.1, -0.05) is 19.8 Å². The van der Waals surface area contributed by atoms with Crippen LogP contribution in [-0.4, -0.2) is 23.5 Å². The fourth-order valence-corrected chi connectivity index (χ4v) is 3.05. The number of rotatable bonds is 6. The molecule has 0 bridgehead atoms. The first-order valence-corrected chi connectivity index (χ1v) is 8.90. The maximum absolute atomic E-state index is 13.4. The first kappa shape index (κ1) is 19.6. The third-order valence-corrected chi connectivity index (χ3v) is 4.85. The Kier molecular flexibility index (Phi) is 5.50. The fraction of sp³-hybridized carbons (Fsp3) is 0.333. The number of hydrogen-bond acceptors (Lipinski definition) is 4. The second-order valence-electron chi connectivity index (χ2n) is 7.37. The van der Waals surface area contributed by atoms with Crippen LogP contribution in [0.3, 0.4) is 0 Å². The monoisotopic (exact) mass is 385 g/mol. The zero-order valence-corrected chi connectivity index (χ0v) is 15.7. The molecule has 1 atom stereocenters. The first-order chi connectivity index (χ1) is 13.3. The van der Waals surface area contributed by atoms with E-state index < -0.39 is 11.6 Å². The van der Waals surface area contributed by atoms with Crippen molar-refractivity contribution >= 4 is 17.4 Å². The molecule has 2 N–H and O–H groups in total. The summed E-state index contributed by atoms with van der Waals surface area (Å²) in [6, 6.07) is 6.15. The average Bonchev–Trinajstić information content (AvgIpc) is 2.63. The number of terminal acetylenes is 1. The van der Waals surface area contributed by atoms with E-state index in [1.165, 1.54) is 0 Å². The lowest BCUT2D eigenvalue weighted by Gasteiger charge is -2.44. The van der Waals surface area contributed by atoms with E-state index in [1.54, 1.807) is 12.1 Å². The van der Waals surface area contributed by atoms with Crippen molar-refractivity contribution in [1.29, 1.82) is 0 Å². The summed E-state index contributed by atoms with van der Waals surface area (Å²) in [6.07, 6.45) is 7.15. The molecule has 1 saturated carbocycles. The third-order valence-electron chi connectivity index (χ3n) is 4.85. The summed E-state index contributed by atoms with van der Waals surface area (Å²) in [6.45, 7) is 4.15. The lowest BCUT2D eigenvalue weighted by atomic mass is 9.67. The summed E-state index contributed by atoms with van der Waals surface area (Å²) in [4.78, 5) is 17.1. The quantitative estimate of drug-likeness (QED) is 0.737. The molecule has 0 radical (unpaired) electrons. The van der Waals surface area contributed by atoms with E-state index in [1.807, 2.05) is 0 Å². The molecular formula is C21H21F2N3O2. The van der Waals surface area contributed by atoms with Crippen molar-refractivity contribution in [2.24, 2.45) is 5.41 Å². The van der Waals surface area contributed by atoms with E-state index in [2.05, 4.69) is 35.4 Å². The Morgan fingerprint density at radius 2 is 2.04 bits per heavy atom. The number of pyridine rings is 1. The highest BCUT2D eigenvalue weighted by molar-refractivity contribution is 5.95. The van der Waals surface area contributed by atoms with Gasteiger partial charge >= 0.3 is 0 Å². The van der Waals surface area contributed by atoms with Gasteiger partial charge in [-0.2, -0.15) is 0 Å². The van der Waals surface area contributed by atoms with Gasteiger partial charge in [-0.3, -0.25) is 4.79 Å². The number of nitrogens with zero attached hydrogens (tertiary/aromatic N) is 1. The molecule has 7 heteroatoms. The number of hydrogen-bond donors (Lipinski definition) is 2. The topological polar surface area (TPSA) is 63.2 Å². The van der Waals surface area contributed by atoms with Gasteiger partial charge in [-0.05, 0) is 42.5 Å². The number of carbonyl (C=O) groups is 1. The predicted molar refractivity (Wildman–Crippen MR) is 102 cm³/mol. The number of carbonyl (C=O) groups excluding carboxylic acids is 1. The van der Waals surface area contributed by atoms with Crippen molar-refractivity contribution in [3.8, 4) is 18.1 Å². The third kappa shape index (κ3) is 4.39. The van der Waals surface area contributed by atoms with Gasteiger partial charge in [0.15, 0.2) is 11.4 Å². The van der Waals surface area contributed by atoms with Gasteiger partial charge in [0.1, 0.15) is 24.1 Å². The van der Waals surface area contributed by atoms with E-state index in [4.69, 9.17) is 11.2 Å². The average molecular weight is 385 g/mol. The maximum atomic E-state index is 13.4. The number of ether oxygens (including phenoxy) is 1. The molecule has 5 nitrogen and oxygen atoms in total. The van der Waals surface area contributed by atoms with Gasteiger partial charge in [0.25, 0.3) is 5.91 Å². The molecule has 0 saturated heterocycles. The number of benzene rings is 1. The smallest absolute Gasteiger partial charge is 0.274 e. The molecule has 0 spiro atoms. The highest BCUT2D eigenvalue weighted by atomic mass is 19.1. The molecule has 146 valence electrons. The fourth-order valence-electron chi connectivity index (χ4n) is 3.05. The number of anilines is 2. The first-order valence-electron chi connectivity index (χ1n) is 8.90. The number of halogens is 2.